The van der Waals surface area contributed by atoms with Gasteiger partial charge in [0.15, 0.2) is 5.76 Å². The number of ether oxygens (including phenoxy) is 1. The highest BCUT2D eigenvalue weighted by Gasteiger charge is 2.25. The molecule has 5 nitrogen and oxygen atoms in total. The van der Waals surface area contributed by atoms with Crippen molar-refractivity contribution in [1.29, 1.82) is 0 Å². The summed E-state index contributed by atoms with van der Waals surface area (Å²) < 4.78 is 10.8. The quantitative estimate of drug-likeness (QED) is 0.879. The summed E-state index contributed by atoms with van der Waals surface area (Å²) >= 11 is 0. The number of para-hydroxylation sites is 1. The van der Waals surface area contributed by atoms with Crippen molar-refractivity contribution in [3.05, 3.63) is 35.6 Å². The van der Waals surface area contributed by atoms with E-state index in [1.165, 1.54) is 0 Å². The summed E-state index contributed by atoms with van der Waals surface area (Å²) in [6, 6.07) is 7.24. The SMILES string of the molecule is CCOc1ccccc1-c1noc(CC(C)C)c1C(=O)O. The lowest BCUT2D eigenvalue weighted by Gasteiger charge is -2.08. The van der Waals surface area contributed by atoms with Gasteiger partial charge in [-0.3, -0.25) is 0 Å². The molecule has 5 heteroatoms. The summed E-state index contributed by atoms with van der Waals surface area (Å²) in [4.78, 5) is 11.6. The minimum absolute atomic E-state index is 0.121. The van der Waals surface area contributed by atoms with E-state index in [1.807, 2.05) is 32.9 Å². The number of hydrogen-bond acceptors (Lipinski definition) is 4. The number of hydrogen-bond donors (Lipinski definition) is 1. The lowest BCUT2D eigenvalue weighted by molar-refractivity contribution is 0.0695. The Bertz CT molecular complexity index is 631. The van der Waals surface area contributed by atoms with Crippen LogP contribution in [0.4, 0.5) is 0 Å². The van der Waals surface area contributed by atoms with Crippen LogP contribution in [0.15, 0.2) is 28.8 Å². The zero-order valence-electron chi connectivity index (χ0n) is 12.4. The Morgan fingerprint density at radius 1 is 1.38 bits per heavy atom. The summed E-state index contributed by atoms with van der Waals surface area (Å²) in [6.45, 7) is 6.38. The molecule has 0 radical (unpaired) electrons. The maximum Gasteiger partial charge on any atom is 0.341 e. The van der Waals surface area contributed by atoms with Crippen LogP contribution in [0.3, 0.4) is 0 Å². The number of nitrogens with zero attached hydrogens (tertiary/aromatic N) is 1. The molecule has 21 heavy (non-hydrogen) atoms. The van der Waals surface area contributed by atoms with Crippen LogP contribution in [0.2, 0.25) is 0 Å². The number of carbonyl (C=O) groups is 1. The average Bonchev–Trinajstić information content (AvgIpc) is 2.82. The molecule has 1 heterocycles. The third-order valence-electron chi connectivity index (χ3n) is 3.01. The van der Waals surface area contributed by atoms with E-state index in [2.05, 4.69) is 5.16 Å². The van der Waals surface area contributed by atoms with Crippen LogP contribution in [0.1, 0.15) is 36.9 Å². The Labute approximate surface area is 123 Å². The molecule has 112 valence electrons. The normalized spacial score (nSPS) is 10.9. The van der Waals surface area contributed by atoms with Crippen LogP contribution in [0, 0.1) is 5.92 Å². The van der Waals surface area contributed by atoms with Gasteiger partial charge in [-0.15, -0.1) is 0 Å². The van der Waals surface area contributed by atoms with Gasteiger partial charge in [-0.1, -0.05) is 31.1 Å². The number of aromatic nitrogens is 1. The largest absolute Gasteiger partial charge is 0.493 e. The summed E-state index contributed by atoms with van der Waals surface area (Å²) in [7, 11) is 0. The highest BCUT2D eigenvalue weighted by molar-refractivity contribution is 5.96. The van der Waals surface area contributed by atoms with E-state index >= 15 is 0 Å². The zero-order chi connectivity index (χ0) is 15.4. The highest BCUT2D eigenvalue weighted by Crippen LogP contribution is 2.33. The van der Waals surface area contributed by atoms with Gasteiger partial charge in [-0.2, -0.15) is 0 Å². The van der Waals surface area contributed by atoms with Gasteiger partial charge in [0.2, 0.25) is 0 Å². The third kappa shape index (κ3) is 3.24. The van der Waals surface area contributed by atoms with E-state index in [9.17, 15) is 9.90 Å². The van der Waals surface area contributed by atoms with E-state index in [0.717, 1.165) is 0 Å². The van der Waals surface area contributed by atoms with E-state index in [4.69, 9.17) is 9.26 Å². The lowest BCUT2D eigenvalue weighted by Crippen LogP contribution is -2.04. The highest BCUT2D eigenvalue weighted by atomic mass is 16.5. The van der Waals surface area contributed by atoms with Gasteiger partial charge >= 0.3 is 5.97 Å². The van der Waals surface area contributed by atoms with Gasteiger partial charge in [-0.05, 0) is 25.0 Å². The lowest BCUT2D eigenvalue weighted by atomic mass is 10.0. The van der Waals surface area contributed by atoms with Gasteiger partial charge in [0.05, 0.1) is 6.61 Å². The molecule has 0 spiro atoms. The van der Waals surface area contributed by atoms with Crippen molar-refractivity contribution in [1.82, 2.24) is 5.16 Å². The van der Waals surface area contributed by atoms with E-state index in [0.29, 0.717) is 35.8 Å². The second kappa shape index (κ2) is 6.43. The maximum atomic E-state index is 11.6. The van der Waals surface area contributed by atoms with Gasteiger partial charge < -0.3 is 14.4 Å². The molecule has 2 rings (SSSR count). The van der Waals surface area contributed by atoms with Crippen LogP contribution in [-0.4, -0.2) is 22.8 Å². The Kier molecular flexibility index (Phi) is 4.62. The summed E-state index contributed by atoms with van der Waals surface area (Å²) in [5.41, 5.74) is 1.08. The Morgan fingerprint density at radius 2 is 2.10 bits per heavy atom. The Hall–Kier alpha value is -2.30. The summed E-state index contributed by atoms with van der Waals surface area (Å²) in [5.74, 6) is 0.255. The molecule has 1 aromatic carbocycles. The minimum Gasteiger partial charge on any atom is -0.493 e. The van der Waals surface area contributed by atoms with E-state index < -0.39 is 5.97 Å². The van der Waals surface area contributed by atoms with Gasteiger partial charge in [-0.25, -0.2) is 4.79 Å². The third-order valence-corrected chi connectivity index (χ3v) is 3.01. The predicted octanol–water partition coefficient (Wildman–Crippen LogP) is 3.64. The fraction of sp³-hybridized carbons (Fsp3) is 0.375. The first-order valence-electron chi connectivity index (χ1n) is 6.98. The van der Waals surface area contributed by atoms with Crippen molar-refractivity contribution in [2.24, 2.45) is 5.92 Å². The van der Waals surface area contributed by atoms with Crippen LogP contribution < -0.4 is 4.74 Å². The van der Waals surface area contributed by atoms with Crippen LogP contribution in [0.5, 0.6) is 5.75 Å². The molecule has 0 amide bonds. The van der Waals surface area contributed by atoms with Crippen molar-refractivity contribution in [3.63, 3.8) is 0 Å². The monoisotopic (exact) mass is 289 g/mol. The molecule has 0 bridgehead atoms. The van der Waals surface area contributed by atoms with Crippen molar-refractivity contribution in [3.8, 4) is 17.0 Å². The van der Waals surface area contributed by atoms with Crippen molar-refractivity contribution in [2.45, 2.75) is 27.2 Å². The number of benzene rings is 1. The summed E-state index contributed by atoms with van der Waals surface area (Å²) in [6.07, 6.45) is 0.533. The van der Waals surface area contributed by atoms with Crippen molar-refractivity contribution < 1.29 is 19.2 Å². The molecule has 0 saturated heterocycles. The first-order valence-corrected chi connectivity index (χ1v) is 6.98. The fourth-order valence-corrected chi connectivity index (χ4v) is 2.18. The first kappa shape index (κ1) is 15.1. The first-order chi connectivity index (χ1) is 10.0. The van der Waals surface area contributed by atoms with Gasteiger partial charge in [0.25, 0.3) is 0 Å². The topological polar surface area (TPSA) is 72.6 Å². The maximum absolute atomic E-state index is 11.6. The van der Waals surface area contributed by atoms with Crippen LogP contribution in [0.25, 0.3) is 11.3 Å². The summed E-state index contributed by atoms with van der Waals surface area (Å²) in [5, 5.41) is 13.5. The molecule has 0 aliphatic carbocycles. The van der Waals surface area contributed by atoms with E-state index in [1.54, 1.807) is 12.1 Å². The molecule has 0 saturated carbocycles. The fourth-order valence-electron chi connectivity index (χ4n) is 2.18. The average molecular weight is 289 g/mol. The number of aromatic carboxylic acids is 1. The van der Waals surface area contributed by atoms with Gasteiger partial charge in [0, 0.05) is 12.0 Å². The molecule has 0 aliphatic heterocycles. The minimum atomic E-state index is -1.03. The predicted molar refractivity (Wildman–Crippen MR) is 78.6 cm³/mol. The molecule has 0 unspecified atom stereocenters. The Balaban J connectivity index is 2.54. The second-order valence-corrected chi connectivity index (χ2v) is 5.16. The Morgan fingerprint density at radius 3 is 2.71 bits per heavy atom. The zero-order valence-corrected chi connectivity index (χ0v) is 12.4. The van der Waals surface area contributed by atoms with Gasteiger partial charge in [0.1, 0.15) is 17.0 Å². The van der Waals surface area contributed by atoms with Crippen LogP contribution >= 0.6 is 0 Å². The van der Waals surface area contributed by atoms with Crippen LogP contribution in [-0.2, 0) is 6.42 Å². The molecule has 1 N–H and O–H groups in total. The molecule has 0 fully saturated rings. The molecular weight excluding hydrogens is 270 g/mol. The van der Waals surface area contributed by atoms with E-state index in [-0.39, 0.29) is 11.5 Å². The second-order valence-electron chi connectivity index (χ2n) is 5.16. The molecule has 2 aromatic rings. The molecular formula is C16H19NO4. The van der Waals surface area contributed by atoms with Crippen molar-refractivity contribution >= 4 is 5.97 Å². The number of carboxylic acid groups (broad SMARTS) is 1. The molecule has 0 atom stereocenters. The smallest absolute Gasteiger partial charge is 0.341 e. The molecule has 0 aliphatic rings. The molecule has 1 aromatic heterocycles. The number of carboxylic acids is 1. The van der Waals surface area contributed by atoms with Crippen molar-refractivity contribution in [2.75, 3.05) is 6.61 Å². The number of rotatable bonds is 6. The standard InChI is InChI=1S/C16H19NO4/c1-4-20-12-8-6-5-7-11(12)15-14(16(18)19)13(21-17-15)9-10(2)3/h5-8,10H,4,9H2,1-3H3,(H,18,19).